The number of nitrogens with two attached hydrogens (primary N) is 1. The SMILES string of the molecule is Nc1nc(OCc2ccccc2F)c(Cl)cc1Cl. The molecular weight excluding hydrogens is 278 g/mol. The fraction of sp³-hybridized carbons (Fsp3) is 0.0833. The average molecular weight is 287 g/mol. The molecule has 0 atom stereocenters. The van der Waals surface area contributed by atoms with Crippen molar-refractivity contribution < 1.29 is 9.13 Å². The molecule has 1 aromatic carbocycles. The highest BCUT2D eigenvalue weighted by molar-refractivity contribution is 6.36. The molecule has 2 N–H and O–H groups in total. The summed E-state index contributed by atoms with van der Waals surface area (Å²) in [5.74, 6) is -0.109. The number of hydrogen-bond donors (Lipinski definition) is 1. The lowest BCUT2D eigenvalue weighted by Gasteiger charge is -2.09. The second-order valence-corrected chi connectivity index (χ2v) is 4.34. The van der Waals surface area contributed by atoms with E-state index >= 15 is 0 Å². The van der Waals surface area contributed by atoms with Crippen molar-refractivity contribution in [3.8, 4) is 5.88 Å². The van der Waals surface area contributed by atoms with Crippen molar-refractivity contribution in [1.82, 2.24) is 4.98 Å². The number of pyridine rings is 1. The molecule has 0 radical (unpaired) electrons. The highest BCUT2D eigenvalue weighted by Crippen LogP contribution is 2.29. The van der Waals surface area contributed by atoms with Crippen LogP contribution >= 0.6 is 23.2 Å². The summed E-state index contributed by atoms with van der Waals surface area (Å²) < 4.78 is 18.7. The molecule has 2 rings (SSSR count). The van der Waals surface area contributed by atoms with Crippen molar-refractivity contribution in [3.63, 3.8) is 0 Å². The van der Waals surface area contributed by atoms with E-state index in [4.69, 9.17) is 33.7 Å². The molecule has 3 nitrogen and oxygen atoms in total. The van der Waals surface area contributed by atoms with E-state index in [0.717, 1.165) is 0 Å². The van der Waals surface area contributed by atoms with E-state index < -0.39 is 0 Å². The van der Waals surface area contributed by atoms with E-state index in [1.165, 1.54) is 12.1 Å². The number of aromatic nitrogens is 1. The largest absolute Gasteiger partial charge is 0.472 e. The molecule has 0 amide bonds. The minimum atomic E-state index is -0.351. The van der Waals surface area contributed by atoms with Crippen molar-refractivity contribution in [3.05, 3.63) is 51.8 Å². The van der Waals surface area contributed by atoms with Gasteiger partial charge in [0.25, 0.3) is 0 Å². The minimum Gasteiger partial charge on any atom is -0.472 e. The molecule has 0 spiro atoms. The number of ether oxygens (including phenoxy) is 1. The van der Waals surface area contributed by atoms with Crippen LogP contribution in [-0.2, 0) is 6.61 Å². The molecule has 0 aliphatic carbocycles. The van der Waals surface area contributed by atoms with Gasteiger partial charge in [-0.2, -0.15) is 4.98 Å². The third-order valence-electron chi connectivity index (χ3n) is 2.25. The first-order valence-corrected chi connectivity index (χ1v) is 5.81. The lowest BCUT2D eigenvalue weighted by Crippen LogP contribution is -2.02. The van der Waals surface area contributed by atoms with E-state index in [-0.39, 0.29) is 34.2 Å². The van der Waals surface area contributed by atoms with Gasteiger partial charge in [0, 0.05) is 5.56 Å². The zero-order valence-electron chi connectivity index (χ0n) is 9.16. The molecule has 0 fully saturated rings. The van der Waals surface area contributed by atoms with Gasteiger partial charge in [-0.3, -0.25) is 0 Å². The third-order valence-corrected chi connectivity index (χ3v) is 2.82. The monoisotopic (exact) mass is 286 g/mol. The number of nitrogen functional groups attached to an aromatic ring is 1. The first kappa shape index (κ1) is 12.9. The molecule has 0 unspecified atom stereocenters. The molecule has 2 aromatic rings. The van der Waals surface area contributed by atoms with Crippen LogP contribution < -0.4 is 10.5 Å². The van der Waals surface area contributed by atoms with Crippen LogP contribution in [0.4, 0.5) is 10.2 Å². The zero-order chi connectivity index (χ0) is 13.1. The molecule has 0 aliphatic heterocycles. The summed E-state index contributed by atoms with van der Waals surface area (Å²) in [6.45, 7) is 0.0144. The smallest absolute Gasteiger partial charge is 0.234 e. The second kappa shape index (κ2) is 5.42. The molecule has 18 heavy (non-hydrogen) atoms. The Morgan fingerprint density at radius 3 is 2.67 bits per heavy atom. The maximum Gasteiger partial charge on any atom is 0.234 e. The first-order chi connectivity index (χ1) is 8.58. The Hall–Kier alpha value is -1.52. The van der Waals surface area contributed by atoms with Gasteiger partial charge < -0.3 is 10.5 Å². The lowest BCUT2D eigenvalue weighted by molar-refractivity contribution is 0.289. The molecule has 1 heterocycles. The summed E-state index contributed by atoms with van der Waals surface area (Å²) >= 11 is 11.6. The molecular formula is C12H9Cl2FN2O. The quantitative estimate of drug-likeness (QED) is 0.936. The second-order valence-electron chi connectivity index (χ2n) is 3.52. The fourth-order valence-corrected chi connectivity index (χ4v) is 1.74. The van der Waals surface area contributed by atoms with Crippen molar-refractivity contribution in [2.75, 3.05) is 5.73 Å². The van der Waals surface area contributed by atoms with Crippen LogP contribution in [0, 0.1) is 5.82 Å². The van der Waals surface area contributed by atoms with Crippen LogP contribution in [0.25, 0.3) is 0 Å². The number of rotatable bonds is 3. The van der Waals surface area contributed by atoms with Crippen molar-refractivity contribution >= 4 is 29.0 Å². The Bertz CT molecular complexity index is 578. The van der Waals surface area contributed by atoms with Crippen molar-refractivity contribution in [2.45, 2.75) is 6.61 Å². The number of anilines is 1. The molecule has 1 aromatic heterocycles. The van der Waals surface area contributed by atoms with Crippen LogP contribution in [0.2, 0.25) is 10.0 Å². The van der Waals surface area contributed by atoms with E-state index in [1.807, 2.05) is 0 Å². The minimum absolute atomic E-state index is 0.0144. The van der Waals surface area contributed by atoms with Gasteiger partial charge in [-0.05, 0) is 12.1 Å². The average Bonchev–Trinajstić information content (AvgIpc) is 2.34. The van der Waals surface area contributed by atoms with Gasteiger partial charge in [0.15, 0.2) is 0 Å². The Morgan fingerprint density at radius 1 is 1.22 bits per heavy atom. The molecule has 94 valence electrons. The van der Waals surface area contributed by atoms with Gasteiger partial charge in [-0.15, -0.1) is 0 Å². The van der Waals surface area contributed by atoms with Crippen LogP contribution in [-0.4, -0.2) is 4.98 Å². The molecule has 0 aliphatic rings. The van der Waals surface area contributed by atoms with Gasteiger partial charge in [-0.25, -0.2) is 4.39 Å². The Kier molecular flexibility index (Phi) is 3.89. The maximum atomic E-state index is 13.4. The summed E-state index contributed by atoms with van der Waals surface area (Å²) in [5, 5.41) is 0.476. The number of hydrogen-bond acceptors (Lipinski definition) is 3. The topological polar surface area (TPSA) is 48.1 Å². The number of halogens is 3. The molecule has 0 saturated carbocycles. The number of nitrogens with zero attached hydrogens (tertiary/aromatic N) is 1. The Labute approximate surface area is 113 Å². The normalized spacial score (nSPS) is 10.4. The van der Waals surface area contributed by atoms with Crippen molar-refractivity contribution in [2.24, 2.45) is 0 Å². The Balaban J connectivity index is 2.16. The first-order valence-electron chi connectivity index (χ1n) is 5.05. The van der Waals surface area contributed by atoms with E-state index in [0.29, 0.717) is 5.56 Å². The Morgan fingerprint density at radius 2 is 1.94 bits per heavy atom. The van der Waals surface area contributed by atoms with Crippen LogP contribution in [0.3, 0.4) is 0 Å². The van der Waals surface area contributed by atoms with Gasteiger partial charge >= 0.3 is 0 Å². The maximum absolute atomic E-state index is 13.4. The summed E-state index contributed by atoms with van der Waals surface area (Å²) in [5.41, 5.74) is 5.94. The molecule has 0 saturated heterocycles. The highest BCUT2D eigenvalue weighted by atomic mass is 35.5. The van der Waals surface area contributed by atoms with Gasteiger partial charge in [0.05, 0.1) is 5.02 Å². The number of benzene rings is 1. The highest BCUT2D eigenvalue weighted by Gasteiger charge is 2.09. The summed E-state index contributed by atoms with van der Waals surface area (Å²) in [4.78, 5) is 3.89. The van der Waals surface area contributed by atoms with Gasteiger partial charge in [-0.1, -0.05) is 41.4 Å². The zero-order valence-corrected chi connectivity index (χ0v) is 10.7. The van der Waals surface area contributed by atoms with Gasteiger partial charge in [0.1, 0.15) is 23.3 Å². The third kappa shape index (κ3) is 2.83. The van der Waals surface area contributed by atoms with Crippen LogP contribution in [0.1, 0.15) is 5.56 Å². The van der Waals surface area contributed by atoms with Gasteiger partial charge in [0.2, 0.25) is 5.88 Å². The van der Waals surface area contributed by atoms with Crippen LogP contribution in [0.15, 0.2) is 30.3 Å². The fourth-order valence-electron chi connectivity index (χ4n) is 1.33. The summed E-state index contributed by atoms with van der Waals surface area (Å²) in [7, 11) is 0. The van der Waals surface area contributed by atoms with Crippen molar-refractivity contribution in [1.29, 1.82) is 0 Å². The predicted molar refractivity (Wildman–Crippen MR) is 69.4 cm³/mol. The summed E-state index contributed by atoms with van der Waals surface area (Å²) in [6.07, 6.45) is 0. The predicted octanol–water partition coefficient (Wildman–Crippen LogP) is 3.69. The molecule has 0 bridgehead atoms. The van der Waals surface area contributed by atoms with E-state index in [9.17, 15) is 4.39 Å². The van der Waals surface area contributed by atoms with E-state index in [2.05, 4.69) is 4.98 Å². The van der Waals surface area contributed by atoms with Crippen LogP contribution in [0.5, 0.6) is 5.88 Å². The lowest BCUT2D eigenvalue weighted by atomic mass is 10.2. The standard InChI is InChI=1S/C12H9Cl2FN2O/c13-8-5-9(14)12(17-11(8)16)18-6-7-3-1-2-4-10(7)15/h1-5H,6H2,(H2,16,17). The molecule has 6 heteroatoms. The summed E-state index contributed by atoms with van der Waals surface area (Å²) in [6, 6.07) is 7.71. The van der Waals surface area contributed by atoms with E-state index in [1.54, 1.807) is 18.2 Å².